The van der Waals surface area contributed by atoms with E-state index in [-0.39, 0.29) is 0 Å². The van der Waals surface area contributed by atoms with E-state index in [0.717, 1.165) is 39.7 Å². The van der Waals surface area contributed by atoms with Crippen molar-refractivity contribution >= 4 is 17.1 Å². The van der Waals surface area contributed by atoms with Gasteiger partial charge >= 0.3 is 0 Å². The van der Waals surface area contributed by atoms with Gasteiger partial charge in [-0.3, -0.25) is 0 Å². The van der Waals surface area contributed by atoms with Crippen LogP contribution < -0.4 is 9.64 Å². The minimum absolute atomic E-state index is 0.608. The zero-order valence-corrected chi connectivity index (χ0v) is 28.1. The van der Waals surface area contributed by atoms with Crippen molar-refractivity contribution in [3.05, 3.63) is 235 Å². The van der Waals surface area contributed by atoms with E-state index in [0.29, 0.717) is 0 Å². The van der Waals surface area contributed by atoms with Crippen LogP contribution in [0.4, 0.5) is 17.1 Å². The maximum Gasteiger partial charge on any atom is 0.132 e. The molecule has 1 aliphatic rings. The van der Waals surface area contributed by atoms with Crippen molar-refractivity contribution < 1.29 is 4.74 Å². The highest BCUT2D eigenvalue weighted by molar-refractivity contribution is 5.81. The van der Waals surface area contributed by atoms with Gasteiger partial charge in [-0.1, -0.05) is 164 Å². The lowest BCUT2D eigenvalue weighted by molar-refractivity contribution is 0.434. The fourth-order valence-electron chi connectivity index (χ4n) is 7.66. The Labute approximate surface area is 299 Å². The Morgan fingerprint density at radius 3 is 1.24 bits per heavy atom. The summed E-state index contributed by atoms with van der Waals surface area (Å²) >= 11 is 0. The van der Waals surface area contributed by atoms with Crippen LogP contribution in [0.5, 0.6) is 11.5 Å². The van der Waals surface area contributed by atoms with Crippen molar-refractivity contribution in [1.29, 1.82) is 0 Å². The second kappa shape index (κ2) is 13.0. The first-order valence-electron chi connectivity index (χ1n) is 17.4. The number of benzene rings is 8. The Bertz CT molecular complexity index is 2290. The normalized spacial score (nSPS) is 12.6. The topological polar surface area (TPSA) is 12.5 Å². The maximum atomic E-state index is 6.58. The zero-order chi connectivity index (χ0) is 34.0. The Kier molecular flexibility index (Phi) is 7.75. The average Bonchev–Trinajstić information content (AvgIpc) is 3.22. The second-order valence-corrected chi connectivity index (χ2v) is 12.9. The van der Waals surface area contributed by atoms with Gasteiger partial charge in [0.15, 0.2) is 0 Å². The third-order valence-corrected chi connectivity index (χ3v) is 10.0. The molecule has 0 spiro atoms. The Hall–Kier alpha value is -6.64. The van der Waals surface area contributed by atoms with Crippen LogP contribution in [0, 0.1) is 0 Å². The molecule has 242 valence electrons. The first kappa shape index (κ1) is 30.4. The third-order valence-electron chi connectivity index (χ3n) is 10.0. The van der Waals surface area contributed by atoms with Gasteiger partial charge in [0.05, 0.1) is 5.41 Å². The van der Waals surface area contributed by atoms with E-state index in [2.05, 4.69) is 217 Å². The van der Waals surface area contributed by atoms with E-state index < -0.39 is 5.41 Å². The summed E-state index contributed by atoms with van der Waals surface area (Å²) in [5.41, 5.74) is 12.0. The lowest BCUT2D eigenvalue weighted by atomic mass is 9.63. The van der Waals surface area contributed by atoms with E-state index in [1.807, 2.05) is 0 Å². The minimum atomic E-state index is -0.608. The molecule has 0 atom stereocenters. The van der Waals surface area contributed by atoms with E-state index in [1.54, 1.807) is 0 Å². The predicted molar refractivity (Wildman–Crippen MR) is 210 cm³/mol. The molecule has 2 nitrogen and oxygen atoms in total. The summed E-state index contributed by atoms with van der Waals surface area (Å²) < 4.78 is 6.58. The summed E-state index contributed by atoms with van der Waals surface area (Å²) in [7, 11) is 0. The van der Waals surface area contributed by atoms with Gasteiger partial charge in [0.1, 0.15) is 11.5 Å². The van der Waals surface area contributed by atoms with E-state index in [1.165, 1.54) is 33.4 Å². The van der Waals surface area contributed by atoms with Crippen LogP contribution in [0.3, 0.4) is 0 Å². The van der Waals surface area contributed by atoms with Crippen LogP contribution in [0.25, 0.3) is 22.3 Å². The van der Waals surface area contributed by atoms with Crippen LogP contribution in [-0.4, -0.2) is 0 Å². The van der Waals surface area contributed by atoms with Crippen molar-refractivity contribution in [2.45, 2.75) is 5.41 Å². The number of ether oxygens (including phenoxy) is 1. The van der Waals surface area contributed by atoms with Gasteiger partial charge in [0.25, 0.3) is 0 Å². The molecule has 8 aromatic carbocycles. The molecule has 9 rings (SSSR count). The standard InChI is InChI=1S/C49H35NO/c1-4-15-36(16-5-1)38-27-31-42(32-28-38)50(43-33-29-39(30-34-43)37-17-6-2-7-18-37)44-22-14-21-41(35-44)49(40-19-8-3-9-20-40)45-23-10-12-25-47(45)51-48-26-13-11-24-46(48)49/h1-35H. The lowest BCUT2D eigenvalue weighted by Gasteiger charge is -2.42. The average molecular weight is 654 g/mol. The number of rotatable bonds is 7. The first-order chi connectivity index (χ1) is 25.3. The van der Waals surface area contributed by atoms with Gasteiger partial charge in [-0.05, 0) is 81.9 Å². The SMILES string of the molecule is c1ccc(-c2ccc(N(c3ccc(-c4ccccc4)cc3)c3cccc(C4(c5ccccc5)c5ccccc5Oc5ccccc54)c3)cc2)cc1. The number of fused-ring (bicyclic) bond motifs is 2. The minimum Gasteiger partial charge on any atom is -0.457 e. The van der Waals surface area contributed by atoms with Gasteiger partial charge in [-0.15, -0.1) is 0 Å². The zero-order valence-electron chi connectivity index (χ0n) is 28.1. The van der Waals surface area contributed by atoms with E-state index >= 15 is 0 Å². The van der Waals surface area contributed by atoms with Gasteiger partial charge in [-0.25, -0.2) is 0 Å². The predicted octanol–water partition coefficient (Wildman–Crippen LogP) is 13.0. The smallest absolute Gasteiger partial charge is 0.132 e. The number of hydrogen-bond donors (Lipinski definition) is 0. The highest BCUT2D eigenvalue weighted by Gasteiger charge is 2.45. The van der Waals surface area contributed by atoms with Crippen molar-refractivity contribution in [1.82, 2.24) is 0 Å². The molecular formula is C49H35NO. The molecule has 0 aliphatic carbocycles. The molecule has 0 unspecified atom stereocenters. The molecular weight excluding hydrogens is 619 g/mol. The van der Waals surface area contributed by atoms with Crippen LogP contribution in [0.15, 0.2) is 212 Å². The monoisotopic (exact) mass is 653 g/mol. The molecule has 0 radical (unpaired) electrons. The highest BCUT2D eigenvalue weighted by Crippen LogP contribution is 2.55. The summed E-state index contributed by atoms with van der Waals surface area (Å²) in [6.45, 7) is 0. The quantitative estimate of drug-likeness (QED) is 0.170. The molecule has 0 fully saturated rings. The highest BCUT2D eigenvalue weighted by atomic mass is 16.5. The molecule has 8 aromatic rings. The second-order valence-electron chi connectivity index (χ2n) is 12.9. The van der Waals surface area contributed by atoms with Gasteiger partial charge in [-0.2, -0.15) is 0 Å². The Balaban J connectivity index is 1.25. The van der Waals surface area contributed by atoms with Gasteiger partial charge < -0.3 is 9.64 Å². The number of para-hydroxylation sites is 2. The fraction of sp³-hybridized carbons (Fsp3) is 0.0204. The molecule has 2 heteroatoms. The largest absolute Gasteiger partial charge is 0.457 e. The maximum absolute atomic E-state index is 6.58. The van der Waals surface area contributed by atoms with Crippen LogP contribution >= 0.6 is 0 Å². The van der Waals surface area contributed by atoms with Crippen LogP contribution in [0.1, 0.15) is 22.3 Å². The summed E-state index contributed by atoms with van der Waals surface area (Å²) in [5, 5.41) is 0. The summed E-state index contributed by atoms with van der Waals surface area (Å²) in [4.78, 5) is 2.36. The molecule has 0 bridgehead atoms. The molecule has 0 saturated carbocycles. The summed E-state index contributed by atoms with van der Waals surface area (Å²) in [5.74, 6) is 1.74. The van der Waals surface area contributed by atoms with Gasteiger partial charge in [0.2, 0.25) is 0 Å². The number of hydrogen-bond acceptors (Lipinski definition) is 2. The molecule has 51 heavy (non-hydrogen) atoms. The van der Waals surface area contributed by atoms with E-state index in [4.69, 9.17) is 4.74 Å². The molecule has 1 aliphatic heterocycles. The van der Waals surface area contributed by atoms with Crippen molar-refractivity contribution in [3.63, 3.8) is 0 Å². The molecule has 0 aromatic heterocycles. The fourth-order valence-corrected chi connectivity index (χ4v) is 7.66. The van der Waals surface area contributed by atoms with Crippen molar-refractivity contribution in [3.8, 4) is 33.8 Å². The Morgan fingerprint density at radius 1 is 0.314 bits per heavy atom. The van der Waals surface area contributed by atoms with Gasteiger partial charge in [0, 0.05) is 28.2 Å². The molecule has 0 amide bonds. The summed E-state index contributed by atoms with van der Waals surface area (Å²) in [6, 6.07) is 75.7. The molecule has 0 saturated heterocycles. The summed E-state index contributed by atoms with van der Waals surface area (Å²) in [6.07, 6.45) is 0. The van der Waals surface area contributed by atoms with Crippen LogP contribution in [-0.2, 0) is 5.41 Å². The third kappa shape index (κ3) is 5.39. The number of nitrogens with zero attached hydrogens (tertiary/aromatic N) is 1. The molecule has 1 heterocycles. The first-order valence-corrected chi connectivity index (χ1v) is 17.4. The lowest BCUT2D eigenvalue weighted by Crippen LogP contribution is -2.34. The van der Waals surface area contributed by atoms with Crippen molar-refractivity contribution in [2.75, 3.05) is 4.90 Å². The number of anilines is 3. The van der Waals surface area contributed by atoms with Crippen LogP contribution in [0.2, 0.25) is 0 Å². The Morgan fingerprint density at radius 2 is 0.725 bits per heavy atom. The van der Waals surface area contributed by atoms with Crippen molar-refractivity contribution in [2.24, 2.45) is 0 Å². The van der Waals surface area contributed by atoms with E-state index in [9.17, 15) is 0 Å². The molecule has 0 N–H and O–H groups in total.